The van der Waals surface area contributed by atoms with Gasteiger partial charge in [-0.1, -0.05) is 12.1 Å². The van der Waals surface area contributed by atoms with E-state index in [9.17, 15) is 16.8 Å². The second-order valence-electron chi connectivity index (χ2n) is 2.85. The van der Waals surface area contributed by atoms with Gasteiger partial charge >= 0.3 is 0 Å². The Morgan fingerprint density at radius 2 is 1.50 bits per heavy atom. The smallest absolute Gasteiger partial charge is 0.282 e. The lowest BCUT2D eigenvalue weighted by molar-refractivity contribution is 0.466. The lowest BCUT2D eigenvalue weighted by Gasteiger charge is -2.06. The number of halogens is 1. The van der Waals surface area contributed by atoms with Crippen LogP contribution in [-0.2, 0) is 20.2 Å². The van der Waals surface area contributed by atoms with Crippen molar-refractivity contribution in [1.82, 2.24) is 0 Å². The fourth-order valence-corrected chi connectivity index (χ4v) is 3.23. The molecule has 2 N–H and O–H groups in total. The van der Waals surface area contributed by atoms with Crippen LogP contribution in [0.4, 0.5) is 0 Å². The van der Waals surface area contributed by atoms with Gasteiger partial charge in [0.15, 0.2) is 0 Å². The first-order chi connectivity index (χ1) is 6.64. The summed E-state index contributed by atoms with van der Waals surface area (Å²) in [5.74, 6) is 0. The van der Waals surface area contributed by atoms with Crippen molar-refractivity contribution in [3.05, 3.63) is 23.8 Å². The zero-order valence-corrected chi connectivity index (χ0v) is 10.4. The number of aryl methyl sites for hydroxylation is 1. The molecular weight excluding hydrogens is 280 g/mol. The average Bonchev–Trinajstić information content (AvgIpc) is 1.99. The number of benzene rings is 1. The second kappa shape index (κ2) is 4.68. The minimum Gasteiger partial charge on any atom is -0.282 e. The van der Waals surface area contributed by atoms with Gasteiger partial charge in [0.1, 0.15) is 9.79 Å². The molecule has 0 saturated carbocycles. The van der Waals surface area contributed by atoms with E-state index in [0.717, 1.165) is 6.07 Å². The minimum atomic E-state index is -4.69. The maximum atomic E-state index is 10.9. The van der Waals surface area contributed by atoms with Crippen molar-refractivity contribution >= 4 is 32.6 Å². The van der Waals surface area contributed by atoms with Crippen LogP contribution in [0.3, 0.4) is 0 Å². The molecule has 0 aliphatic carbocycles. The summed E-state index contributed by atoms with van der Waals surface area (Å²) in [5.41, 5.74) is 0.0348. The molecule has 0 spiro atoms. The zero-order valence-electron chi connectivity index (χ0n) is 7.98. The van der Waals surface area contributed by atoms with E-state index in [4.69, 9.17) is 9.11 Å². The van der Waals surface area contributed by atoms with E-state index in [1.807, 2.05) is 0 Å². The molecule has 92 valence electrons. The Morgan fingerprint density at radius 1 is 1.00 bits per heavy atom. The fourth-order valence-electron chi connectivity index (χ4n) is 1.16. The maximum absolute atomic E-state index is 10.9. The van der Waals surface area contributed by atoms with E-state index >= 15 is 0 Å². The minimum absolute atomic E-state index is 0. The van der Waals surface area contributed by atoms with E-state index in [1.54, 1.807) is 0 Å². The van der Waals surface area contributed by atoms with Gasteiger partial charge in [-0.05, 0) is 18.6 Å². The predicted octanol–water partition coefficient (Wildman–Crippen LogP) is 0.910. The summed E-state index contributed by atoms with van der Waals surface area (Å²) in [4.78, 5) is -1.63. The van der Waals surface area contributed by atoms with Crippen LogP contribution in [0.15, 0.2) is 28.0 Å². The Balaban J connectivity index is 0.00000225. The van der Waals surface area contributed by atoms with E-state index in [-0.39, 0.29) is 18.0 Å². The van der Waals surface area contributed by atoms with Crippen molar-refractivity contribution in [2.45, 2.75) is 16.7 Å². The molecule has 0 unspecified atom stereocenters. The normalized spacial score (nSPS) is 11.9. The quantitative estimate of drug-likeness (QED) is 0.783. The molecule has 0 heterocycles. The summed E-state index contributed by atoms with van der Waals surface area (Å²) < 4.78 is 61.0. The van der Waals surface area contributed by atoms with Crippen LogP contribution in [0.2, 0.25) is 0 Å². The van der Waals surface area contributed by atoms with Crippen LogP contribution < -0.4 is 0 Å². The lowest BCUT2D eigenvalue weighted by atomic mass is 10.2. The second-order valence-corrected chi connectivity index (χ2v) is 5.60. The van der Waals surface area contributed by atoms with Crippen molar-refractivity contribution in [2.24, 2.45) is 0 Å². The van der Waals surface area contributed by atoms with Gasteiger partial charge in [0.2, 0.25) is 0 Å². The molecule has 0 atom stereocenters. The molecule has 0 amide bonds. The lowest BCUT2D eigenvalue weighted by Crippen LogP contribution is -2.09. The van der Waals surface area contributed by atoms with Crippen molar-refractivity contribution in [1.29, 1.82) is 0 Å². The SMILES string of the molecule is Cc1cccc(S(=O)(=O)O)c1S(=O)(=O)O.Cl. The highest BCUT2D eigenvalue weighted by molar-refractivity contribution is 7.89. The van der Waals surface area contributed by atoms with E-state index < -0.39 is 30.0 Å². The summed E-state index contributed by atoms with van der Waals surface area (Å²) in [6.45, 7) is 1.30. The largest absolute Gasteiger partial charge is 0.296 e. The Labute approximate surface area is 99.2 Å². The van der Waals surface area contributed by atoms with Crippen LogP contribution in [0, 0.1) is 6.92 Å². The maximum Gasteiger partial charge on any atom is 0.296 e. The van der Waals surface area contributed by atoms with Crippen molar-refractivity contribution in [3.8, 4) is 0 Å². The van der Waals surface area contributed by atoms with Gasteiger partial charge in [0, 0.05) is 0 Å². The zero-order chi connectivity index (χ0) is 11.9. The molecule has 1 aromatic carbocycles. The molecule has 0 aliphatic rings. The van der Waals surface area contributed by atoms with Crippen LogP contribution in [0.5, 0.6) is 0 Å². The highest BCUT2D eigenvalue weighted by atomic mass is 35.5. The monoisotopic (exact) mass is 288 g/mol. The van der Waals surface area contributed by atoms with Gasteiger partial charge in [-0.2, -0.15) is 16.8 Å². The molecule has 1 rings (SSSR count). The van der Waals surface area contributed by atoms with Gasteiger partial charge in [-0.3, -0.25) is 9.11 Å². The third-order valence-electron chi connectivity index (χ3n) is 1.71. The van der Waals surface area contributed by atoms with Gasteiger partial charge in [0.05, 0.1) is 0 Å². The average molecular weight is 289 g/mol. The van der Waals surface area contributed by atoms with Crippen molar-refractivity contribution < 1.29 is 25.9 Å². The molecule has 0 bridgehead atoms. The van der Waals surface area contributed by atoms with Crippen LogP contribution >= 0.6 is 12.4 Å². The summed E-state index contributed by atoms with van der Waals surface area (Å²) in [6.07, 6.45) is 0. The fraction of sp³-hybridized carbons (Fsp3) is 0.143. The van der Waals surface area contributed by atoms with Gasteiger partial charge in [0.25, 0.3) is 20.2 Å². The van der Waals surface area contributed by atoms with Gasteiger partial charge < -0.3 is 0 Å². The van der Waals surface area contributed by atoms with Crippen LogP contribution in [0.1, 0.15) is 5.56 Å². The molecule has 0 aromatic heterocycles. The molecule has 16 heavy (non-hydrogen) atoms. The first-order valence-corrected chi connectivity index (χ1v) is 6.56. The van der Waals surface area contributed by atoms with Crippen LogP contribution in [0.25, 0.3) is 0 Å². The number of hydrogen-bond acceptors (Lipinski definition) is 4. The Kier molecular flexibility index (Phi) is 4.48. The first-order valence-electron chi connectivity index (χ1n) is 3.68. The third kappa shape index (κ3) is 3.16. The molecule has 0 radical (unpaired) electrons. The van der Waals surface area contributed by atoms with Crippen molar-refractivity contribution in [3.63, 3.8) is 0 Å². The van der Waals surface area contributed by atoms with Gasteiger partial charge in [-0.15, -0.1) is 12.4 Å². The topological polar surface area (TPSA) is 109 Å². The predicted molar refractivity (Wildman–Crippen MR) is 58.1 cm³/mol. The molecule has 0 aliphatic heterocycles. The molecule has 0 fully saturated rings. The Bertz CT molecular complexity index is 589. The number of hydrogen-bond donors (Lipinski definition) is 2. The van der Waals surface area contributed by atoms with Crippen molar-refractivity contribution in [2.75, 3.05) is 0 Å². The summed E-state index contributed by atoms with van der Waals surface area (Å²) in [5, 5.41) is 0. The molecule has 0 saturated heterocycles. The summed E-state index contributed by atoms with van der Waals surface area (Å²) >= 11 is 0. The summed E-state index contributed by atoms with van der Waals surface area (Å²) in [7, 11) is -9.36. The molecule has 1 aromatic rings. The Hall–Kier alpha value is -0.670. The number of rotatable bonds is 2. The Morgan fingerprint density at radius 3 is 1.81 bits per heavy atom. The molecular formula is C7H9ClO6S2. The van der Waals surface area contributed by atoms with E-state index in [1.165, 1.54) is 19.1 Å². The highest BCUT2D eigenvalue weighted by Gasteiger charge is 2.25. The first kappa shape index (κ1) is 15.3. The van der Waals surface area contributed by atoms with E-state index in [0.29, 0.717) is 0 Å². The molecule has 9 heteroatoms. The third-order valence-corrected chi connectivity index (χ3v) is 3.79. The molecule has 6 nitrogen and oxygen atoms in total. The van der Waals surface area contributed by atoms with Crippen LogP contribution in [-0.4, -0.2) is 25.9 Å². The van der Waals surface area contributed by atoms with Gasteiger partial charge in [-0.25, -0.2) is 0 Å². The van der Waals surface area contributed by atoms with E-state index in [2.05, 4.69) is 0 Å². The highest BCUT2D eigenvalue weighted by Crippen LogP contribution is 2.23. The summed E-state index contributed by atoms with van der Waals surface area (Å²) in [6, 6.07) is 3.45. The standard InChI is InChI=1S/C7H8O6S2.ClH/c1-5-3-2-4-6(14(8,9)10)7(5)15(11,12)13;/h2-4H,1H3,(H,8,9,10)(H,11,12,13);1H.